The van der Waals surface area contributed by atoms with E-state index in [2.05, 4.69) is 13.8 Å². The van der Waals surface area contributed by atoms with Crippen LogP contribution in [0.4, 0.5) is 10.5 Å². The summed E-state index contributed by atoms with van der Waals surface area (Å²) in [6, 6.07) is 7.52. The van der Waals surface area contributed by atoms with Crippen molar-refractivity contribution in [1.29, 1.82) is 0 Å². The minimum atomic E-state index is -1.18. The lowest BCUT2D eigenvalue weighted by Gasteiger charge is -2.24. The number of carboxylic acid groups (broad SMARTS) is 1. The largest absolute Gasteiger partial charge is 0.530 e. The monoisotopic (exact) mass is 206 g/mol. The van der Waals surface area contributed by atoms with Crippen LogP contribution in [0.5, 0.6) is 0 Å². The second-order valence-electron chi connectivity index (χ2n) is 3.69. The van der Waals surface area contributed by atoms with Gasteiger partial charge in [-0.05, 0) is 24.0 Å². The molecule has 0 saturated heterocycles. The number of rotatable bonds is 3. The maximum atomic E-state index is 10.8. The number of nitrogens with zero attached hydrogens (tertiary/aromatic N) is 1. The average molecular weight is 206 g/mol. The van der Waals surface area contributed by atoms with Crippen molar-refractivity contribution in [3.05, 3.63) is 29.8 Å². The number of carbonyl (C=O) groups is 1. The minimum Gasteiger partial charge on any atom is -0.530 e. The van der Waals surface area contributed by atoms with Gasteiger partial charge in [0.15, 0.2) is 0 Å². The van der Waals surface area contributed by atoms with Crippen molar-refractivity contribution in [2.75, 3.05) is 11.9 Å². The van der Waals surface area contributed by atoms with Crippen LogP contribution in [-0.4, -0.2) is 13.1 Å². The maximum Gasteiger partial charge on any atom is 0.141 e. The first-order valence-corrected chi connectivity index (χ1v) is 5.11. The zero-order valence-electron chi connectivity index (χ0n) is 9.36. The standard InChI is InChI=1S/C12H17NO2/c1-4-9(2)10-7-5-6-8-11(10)13(3)12(14)15/h5-9H,4H2,1-3H3,(H,14,15)/p-1. The van der Waals surface area contributed by atoms with Crippen LogP contribution >= 0.6 is 0 Å². The molecule has 15 heavy (non-hydrogen) atoms. The van der Waals surface area contributed by atoms with Crippen LogP contribution in [0.3, 0.4) is 0 Å². The Labute approximate surface area is 90.3 Å². The molecular formula is C12H16NO2-. The fourth-order valence-electron chi connectivity index (χ4n) is 1.53. The lowest BCUT2D eigenvalue weighted by atomic mass is 9.96. The van der Waals surface area contributed by atoms with Crippen LogP contribution < -0.4 is 10.0 Å². The van der Waals surface area contributed by atoms with E-state index in [9.17, 15) is 9.90 Å². The molecule has 0 N–H and O–H groups in total. The molecule has 0 aliphatic carbocycles. The van der Waals surface area contributed by atoms with Crippen LogP contribution in [0.2, 0.25) is 0 Å². The van der Waals surface area contributed by atoms with E-state index in [1.165, 1.54) is 7.05 Å². The molecule has 0 aliphatic rings. The molecule has 1 aromatic carbocycles. The molecule has 0 radical (unpaired) electrons. The molecule has 1 amide bonds. The Kier molecular flexibility index (Phi) is 3.72. The molecule has 1 atom stereocenters. The van der Waals surface area contributed by atoms with Gasteiger partial charge >= 0.3 is 0 Å². The predicted molar refractivity (Wildman–Crippen MR) is 58.9 cm³/mol. The summed E-state index contributed by atoms with van der Waals surface area (Å²) in [5, 5.41) is 10.8. The van der Waals surface area contributed by atoms with Crippen LogP contribution in [0, 0.1) is 0 Å². The van der Waals surface area contributed by atoms with Gasteiger partial charge in [0, 0.05) is 12.7 Å². The number of carbonyl (C=O) groups excluding carboxylic acids is 1. The van der Waals surface area contributed by atoms with Crippen LogP contribution in [0.25, 0.3) is 0 Å². The molecular weight excluding hydrogens is 190 g/mol. The van der Waals surface area contributed by atoms with Crippen LogP contribution in [-0.2, 0) is 0 Å². The average Bonchev–Trinajstić information content (AvgIpc) is 2.27. The highest BCUT2D eigenvalue weighted by Gasteiger charge is 2.11. The summed E-state index contributed by atoms with van der Waals surface area (Å²) in [4.78, 5) is 11.9. The van der Waals surface area contributed by atoms with Crippen molar-refractivity contribution in [3.63, 3.8) is 0 Å². The smallest absolute Gasteiger partial charge is 0.141 e. The van der Waals surface area contributed by atoms with Gasteiger partial charge in [0.2, 0.25) is 0 Å². The molecule has 0 aromatic heterocycles. The van der Waals surface area contributed by atoms with E-state index in [1.54, 1.807) is 6.07 Å². The molecule has 82 valence electrons. The van der Waals surface area contributed by atoms with Gasteiger partial charge in [-0.3, -0.25) is 0 Å². The third-order valence-electron chi connectivity index (χ3n) is 2.72. The predicted octanol–water partition coefficient (Wildman–Crippen LogP) is 1.98. The first kappa shape index (κ1) is 11.6. The van der Waals surface area contributed by atoms with Gasteiger partial charge in [-0.1, -0.05) is 32.0 Å². The zero-order chi connectivity index (χ0) is 11.4. The molecule has 3 heteroatoms. The molecule has 1 unspecified atom stereocenters. The summed E-state index contributed by atoms with van der Waals surface area (Å²) in [7, 11) is 1.51. The molecule has 3 nitrogen and oxygen atoms in total. The Morgan fingerprint density at radius 2 is 2.07 bits per heavy atom. The van der Waals surface area contributed by atoms with Crippen molar-refractivity contribution in [3.8, 4) is 0 Å². The highest BCUT2D eigenvalue weighted by atomic mass is 16.4. The van der Waals surface area contributed by atoms with Crippen LogP contribution in [0.1, 0.15) is 31.7 Å². The van der Waals surface area contributed by atoms with Crippen molar-refractivity contribution in [1.82, 2.24) is 0 Å². The van der Waals surface area contributed by atoms with E-state index in [-0.39, 0.29) is 0 Å². The Balaban J connectivity index is 3.11. The van der Waals surface area contributed by atoms with E-state index >= 15 is 0 Å². The molecule has 1 aromatic rings. The van der Waals surface area contributed by atoms with Gasteiger partial charge in [0.05, 0.1) is 0 Å². The molecule has 0 saturated carbocycles. The summed E-state index contributed by atoms with van der Waals surface area (Å²) >= 11 is 0. The highest BCUT2D eigenvalue weighted by molar-refractivity contribution is 5.85. The zero-order valence-corrected chi connectivity index (χ0v) is 9.36. The van der Waals surface area contributed by atoms with Gasteiger partial charge in [-0.2, -0.15) is 0 Å². The van der Waals surface area contributed by atoms with E-state index in [4.69, 9.17) is 0 Å². The fourth-order valence-corrected chi connectivity index (χ4v) is 1.53. The van der Waals surface area contributed by atoms with Crippen LogP contribution in [0.15, 0.2) is 24.3 Å². The maximum absolute atomic E-state index is 10.8. The van der Waals surface area contributed by atoms with Gasteiger partial charge in [0.1, 0.15) is 6.09 Å². The summed E-state index contributed by atoms with van der Waals surface area (Å²) in [6.45, 7) is 4.17. The molecule has 0 aliphatic heterocycles. The Hall–Kier alpha value is -1.51. The third kappa shape index (κ3) is 2.49. The number of hydrogen-bond acceptors (Lipinski definition) is 2. The summed E-state index contributed by atoms with van der Waals surface area (Å²) in [5.41, 5.74) is 1.76. The van der Waals surface area contributed by atoms with Crippen molar-refractivity contribution >= 4 is 11.8 Å². The van der Waals surface area contributed by atoms with E-state index in [1.807, 2.05) is 18.2 Å². The van der Waals surface area contributed by atoms with E-state index < -0.39 is 6.09 Å². The quantitative estimate of drug-likeness (QED) is 0.759. The number of anilines is 1. The third-order valence-corrected chi connectivity index (χ3v) is 2.72. The lowest BCUT2D eigenvalue weighted by molar-refractivity contribution is -0.246. The van der Waals surface area contributed by atoms with Crippen molar-refractivity contribution < 1.29 is 9.90 Å². The first-order chi connectivity index (χ1) is 7.07. The summed E-state index contributed by atoms with van der Waals surface area (Å²) < 4.78 is 0. The van der Waals surface area contributed by atoms with Gasteiger partial charge in [-0.25, -0.2) is 0 Å². The summed E-state index contributed by atoms with van der Waals surface area (Å²) in [5.74, 6) is 0.350. The number of benzene rings is 1. The van der Waals surface area contributed by atoms with E-state index in [0.717, 1.165) is 16.9 Å². The Morgan fingerprint density at radius 1 is 1.47 bits per heavy atom. The van der Waals surface area contributed by atoms with Gasteiger partial charge in [-0.15, -0.1) is 0 Å². The molecule has 0 spiro atoms. The van der Waals surface area contributed by atoms with Crippen molar-refractivity contribution in [2.45, 2.75) is 26.2 Å². The highest BCUT2D eigenvalue weighted by Crippen LogP contribution is 2.28. The molecule has 0 heterocycles. The number of hydrogen-bond donors (Lipinski definition) is 0. The second kappa shape index (κ2) is 4.82. The molecule has 1 rings (SSSR count). The Bertz CT molecular complexity index is 349. The minimum absolute atomic E-state index is 0.350. The summed E-state index contributed by atoms with van der Waals surface area (Å²) in [6.07, 6.45) is -0.191. The second-order valence-corrected chi connectivity index (χ2v) is 3.69. The van der Waals surface area contributed by atoms with Crippen molar-refractivity contribution in [2.24, 2.45) is 0 Å². The topological polar surface area (TPSA) is 43.4 Å². The number of amides is 1. The fraction of sp³-hybridized carbons (Fsp3) is 0.417. The van der Waals surface area contributed by atoms with E-state index in [0.29, 0.717) is 11.6 Å². The number of para-hydroxylation sites is 1. The van der Waals surface area contributed by atoms with Gasteiger partial charge < -0.3 is 14.8 Å². The lowest BCUT2D eigenvalue weighted by Crippen LogP contribution is -2.38. The van der Waals surface area contributed by atoms with Gasteiger partial charge in [0.25, 0.3) is 0 Å². The normalized spacial score (nSPS) is 12.2. The Morgan fingerprint density at radius 3 is 2.60 bits per heavy atom. The molecule has 0 bridgehead atoms. The SMILES string of the molecule is CCC(C)c1ccccc1N(C)C(=O)[O-]. The molecule has 0 fully saturated rings. The first-order valence-electron chi connectivity index (χ1n) is 5.11.